The van der Waals surface area contributed by atoms with E-state index in [0.29, 0.717) is 17.7 Å². The lowest BCUT2D eigenvalue weighted by Crippen LogP contribution is -2.47. The number of nitrogens with one attached hydrogen (secondary N) is 1. The number of piperazine rings is 1. The van der Waals surface area contributed by atoms with Crippen LogP contribution in [0.5, 0.6) is 0 Å². The highest BCUT2D eigenvalue weighted by molar-refractivity contribution is 7.15. The molecule has 0 atom stereocenters. The van der Waals surface area contributed by atoms with Crippen LogP contribution in [0, 0.1) is 0 Å². The van der Waals surface area contributed by atoms with Crippen molar-refractivity contribution in [3.8, 4) is 11.3 Å². The number of aromatic nitrogens is 4. The Labute approximate surface area is 241 Å². The van der Waals surface area contributed by atoms with Gasteiger partial charge in [0.25, 0.3) is 5.91 Å². The van der Waals surface area contributed by atoms with E-state index >= 15 is 0 Å². The van der Waals surface area contributed by atoms with Gasteiger partial charge >= 0.3 is 0 Å². The average molecular weight is 569 g/mol. The maximum absolute atomic E-state index is 13.1. The SMILES string of the molecule is CN(N)/C=C(\N)CN1CCN(Cc2csc3nc(-c4ccccc4NC(=O)c4cnc5ccccc5n4)cn23)CC1. The van der Waals surface area contributed by atoms with Crippen molar-refractivity contribution >= 4 is 38.9 Å². The summed E-state index contributed by atoms with van der Waals surface area (Å²) >= 11 is 1.62. The van der Waals surface area contributed by atoms with Crippen LogP contribution in [0.1, 0.15) is 16.2 Å². The van der Waals surface area contributed by atoms with Gasteiger partial charge in [0, 0.05) is 81.0 Å². The number of hydrogen-bond acceptors (Lipinski definition) is 10. The number of amides is 1. The molecule has 0 saturated carbocycles. The average Bonchev–Trinajstić information content (AvgIpc) is 3.55. The molecule has 0 aliphatic carbocycles. The molecule has 1 amide bonds. The van der Waals surface area contributed by atoms with Crippen molar-refractivity contribution in [2.75, 3.05) is 45.1 Å². The van der Waals surface area contributed by atoms with Crippen molar-refractivity contribution in [2.24, 2.45) is 11.6 Å². The van der Waals surface area contributed by atoms with Crippen LogP contribution in [0.25, 0.3) is 27.3 Å². The van der Waals surface area contributed by atoms with Gasteiger partial charge in [-0.25, -0.2) is 15.8 Å². The van der Waals surface area contributed by atoms with E-state index in [2.05, 4.69) is 34.9 Å². The topological polar surface area (TPSA) is 134 Å². The predicted molar refractivity (Wildman–Crippen MR) is 162 cm³/mol. The number of imidazole rings is 1. The summed E-state index contributed by atoms with van der Waals surface area (Å²) in [6.07, 6.45) is 5.31. The molecule has 0 bridgehead atoms. The zero-order valence-corrected chi connectivity index (χ0v) is 23.6. The van der Waals surface area contributed by atoms with Crippen LogP contribution < -0.4 is 16.9 Å². The number of nitrogens with zero attached hydrogens (tertiary/aromatic N) is 7. The van der Waals surface area contributed by atoms with E-state index in [-0.39, 0.29) is 11.6 Å². The quantitative estimate of drug-likeness (QED) is 0.191. The van der Waals surface area contributed by atoms with Crippen LogP contribution in [0.3, 0.4) is 0 Å². The molecule has 4 heterocycles. The minimum absolute atomic E-state index is 0.261. The van der Waals surface area contributed by atoms with E-state index in [4.69, 9.17) is 16.6 Å². The number of nitrogens with two attached hydrogens (primary N) is 2. The van der Waals surface area contributed by atoms with Gasteiger partial charge in [0.2, 0.25) is 0 Å². The summed E-state index contributed by atoms with van der Waals surface area (Å²) in [6, 6.07) is 15.2. The Balaban J connectivity index is 1.15. The van der Waals surface area contributed by atoms with E-state index in [1.165, 1.54) is 16.9 Å². The lowest BCUT2D eigenvalue weighted by atomic mass is 10.1. The van der Waals surface area contributed by atoms with Gasteiger partial charge < -0.3 is 16.1 Å². The maximum atomic E-state index is 13.1. The first kappa shape index (κ1) is 26.8. The Morgan fingerprint density at radius 2 is 1.78 bits per heavy atom. The molecule has 0 radical (unpaired) electrons. The van der Waals surface area contributed by atoms with Crippen molar-refractivity contribution in [2.45, 2.75) is 6.54 Å². The van der Waals surface area contributed by atoms with E-state index in [9.17, 15) is 4.79 Å². The molecular formula is C29H32N10OS. The van der Waals surface area contributed by atoms with Gasteiger partial charge in [0.1, 0.15) is 5.69 Å². The highest BCUT2D eigenvalue weighted by Gasteiger charge is 2.20. The normalized spacial score (nSPS) is 15.0. The van der Waals surface area contributed by atoms with E-state index in [1.54, 1.807) is 24.6 Å². The molecule has 1 saturated heterocycles. The number of carbonyl (C=O) groups is 1. The van der Waals surface area contributed by atoms with Gasteiger partial charge in [0.15, 0.2) is 4.96 Å². The lowest BCUT2D eigenvalue weighted by Gasteiger charge is -2.34. The van der Waals surface area contributed by atoms with Crippen LogP contribution >= 0.6 is 11.3 Å². The van der Waals surface area contributed by atoms with E-state index in [0.717, 1.165) is 60.2 Å². The molecule has 0 unspecified atom stereocenters. The van der Waals surface area contributed by atoms with Gasteiger partial charge in [-0.15, -0.1) is 11.3 Å². The Morgan fingerprint density at radius 1 is 1.05 bits per heavy atom. The Hall–Kier alpha value is -4.36. The minimum atomic E-state index is -0.316. The fourth-order valence-corrected chi connectivity index (χ4v) is 5.90. The van der Waals surface area contributed by atoms with Crippen LogP contribution in [0.15, 0.2) is 78.2 Å². The monoisotopic (exact) mass is 568 g/mol. The van der Waals surface area contributed by atoms with Crippen molar-refractivity contribution in [3.63, 3.8) is 0 Å². The smallest absolute Gasteiger partial charge is 0.275 e. The predicted octanol–water partition coefficient (Wildman–Crippen LogP) is 2.98. The summed E-state index contributed by atoms with van der Waals surface area (Å²) in [5, 5.41) is 6.67. The Kier molecular flexibility index (Phi) is 7.61. The molecule has 210 valence electrons. The molecule has 1 fully saturated rings. The third-order valence-electron chi connectivity index (χ3n) is 7.04. The molecule has 1 aliphatic heterocycles. The summed E-state index contributed by atoms with van der Waals surface area (Å²) in [4.78, 5) is 32.6. The first-order chi connectivity index (χ1) is 19.9. The summed E-state index contributed by atoms with van der Waals surface area (Å²) in [5.41, 5.74) is 12.1. The second kappa shape index (κ2) is 11.6. The second-order valence-corrected chi connectivity index (χ2v) is 11.0. The molecule has 2 aromatic carbocycles. The molecule has 11 nitrogen and oxygen atoms in total. The fraction of sp³-hybridized carbons (Fsp3) is 0.241. The third-order valence-corrected chi connectivity index (χ3v) is 7.93. The molecular weight excluding hydrogens is 536 g/mol. The Morgan fingerprint density at radius 3 is 2.59 bits per heavy atom. The Bertz CT molecular complexity index is 1720. The largest absolute Gasteiger partial charge is 0.400 e. The van der Waals surface area contributed by atoms with Gasteiger partial charge in [-0.3, -0.25) is 24.0 Å². The van der Waals surface area contributed by atoms with E-state index in [1.807, 2.05) is 54.7 Å². The first-order valence-electron chi connectivity index (χ1n) is 13.4. The highest BCUT2D eigenvalue weighted by Crippen LogP contribution is 2.30. The number of rotatable bonds is 8. The maximum Gasteiger partial charge on any atom is 0.275 e. The molecule has 6 rings (SSSR count). The number of hydrogen-bond donors (Lipinski definition) is 3. The van der Waals surface area contributed by atoms with Gasteiger partial charge in [-0.05, 0) is 18.2 Å². The molecule has 41 heavy (non-hydrogen) atoms. The number of thiazole rings is 1. The van der Waals surface area contributed by atoms with E-state index < -0.39 is 0 Å². The number of benzene rings is 2. The van der Waals surface area contributed by atoms with Crippen molar-refractivity contribution in [3.05, 3.63) is 89.6 Å². The van der Waals surface area contributed by atoms with Gasteiger partial charge in [-0.2, -0.15) is 0 Å². The summed E-state index contributed by atoms with van der Waals surface area (Å²) in [7, 11) is 1.77. The molecule has 3 aromatic heterocycles. The molecule has 5 N–H and O–H groups in total. The fourth-order valence-electron chi connectivity index (χ4n) is 5.04. The number of carbonyl (C=O) groups excluding carboxylic acids is 1. The molecule has 0 spiro atoms. The second-order valence-electron chi connectivity index (χ2n) is 10.2. The minimum Gasteiger partial charge on any atom is -0.400 e. The number of hydrazine groups is 1. The van der Waals surface area contributed by atoms with Crippen molar-refractivity contribution in [1.29, 1.82) is 0 Å². The number of para-hydroxylation sites is 3. The first-order valence-corrected chi connectivity index (χ1v) is 14.3. The standard InChI is InChI=1S/C29H32N10OS/c1-36(31)15-20(30)16-37-10-12-38(13-11-37)17-21-19-41-29-35-27(18-39(21)29)22-6-2-3-7-23(22)34-28(40)26-14-32-24-8-4-5-9-25(24)33-26/h2-9,14-15,18-19H,10-13,16-17,30-31H2,1H3,(H,34,40)/b20-15-. The summed E-state index contributed by atoms with van der Waals surface area (Å²) in [5.74, 6) is 5.36. The van der Waals surface area contributed by atoms with Crippen molar-refractivity contribution in [1.82, 2.24) is 34.2 Å². The molecule has 5 aromatic rings. The van der Waals surface area contributed by atoms with Crippen LogP contribution in [-0.4, -0.2) is 79.8 Å². The van der Waals surface area contributed by atoms with Crippen LogP contribution in [0.2, 0.25) is 0 Å². The third kappa shape index (κ3) is 6.05. The zero-order chi connectivity index (χ0) is 28.3. The lowest BCUT2D eigenvalue weighted by molar-refractivity contribution is 0.102. The van der Waals surface area contributed by atoms with Crippen molar-refractivity contribution < 1.29 is 4.79 Å². The summed E-state index contributed by atoms with van der Waals surface area (Å²) < 4.78 is 2.15. The number of fused-ring (bicyclic) bond motifs is 2. The van der Waals surface area contributed by atoms with Crippen LogP contribution in [-0.2, 0) is 6.54 Å². The van der Waals surface area contributed by atoms with Gasteiger partial charge in [0.05, 0.1) is 28.6 Å². The number of anilines is 1. The molecule has 12 heteroatoms. The molecule has 1 aliphatic rings. The van der Waals surface area contributed by atoms with Gasteiger partial charge in [-0.1, -0.05) is 30.3 Å². The zero-order valence-electron chi connectivity index (χ0n) is 22.8. The highest BCUT2D eigenvalue weighted by atomic mass is 32.1. The summed E-state index contributed by atoms with van der Waals surface area (Å²) in [6.45, 7) is 5.35. The van der Waals surface area contributed by atoms with Crippen LogP contribution in [0.4, 0.5) is 5.69 Å².